The molecule has 0 aromatic carbocycles. The minimum Gasteiger partial charge on any atom is -0.392 e. The van der Waals surface area contributed by atoms with Gasteiger partial charge in [0.05, 0.1) is 23.2 Å². The van der Waals surface area contributed by atoms with E-state index in [1.165, 1.54) is 12.8 Å². The lowest BCUT2D eigenvalue weighted by atomic mass is 10.1. The van der Waals surface area contributed by atoms with Crippen LogP contribution in [-0.2, 0) is 4.74 Å². The maximum atomic E-state index is 5.90. The fraction of sp³-hybridized carbons (Fsp3) is 0.929. The van der Waals surface area contributed by atoms with E-state index in [0.29, 0.717) is 17.2 Å². The van der Waals surface area contributed by atoms with Gasteiger partial charge in [-0.2, -0.15) is 0 Å². The zero-order chi connectivity index (χ0) is 13.8. The zero-order valence-corrected chi connectivity index (χ0v) is 13.0. The molecule has 2 aliphatic rings. The van der Waals surface area contributed by atoms with Crippen LogP contribution in [0.4, 0.5) is 0 Å². The van der Waals surface area contributed by atoms with Crippen molar-refractivity contribution >= 4 is 17.2 Å². The Balaban J connectivity index is 1.74. The molecule has 2 heterocycles. The van der Waals surface area contributed by atoms with Crippen LogP contribution in [0.5, 0.6) is 0 Å². The van der Waals surface area contributed by atoms with Crippen molar-refractivity contribution in [3.63, 3.8) is 0 Å². The second-order valence-electron chi connectivity index (χ2n) is 5.81. The Labute approximate surface area is 122 Å². The molecule has 2 rings (SSSR count). The van der Waals surface area contributed by atoms with Gasteiger partial charge in [0, 0.05) is 32.7 Å². The van der Waals surface area contributed by atoms with Gasteiger partial charge in [-0.15, -0.1) is 0 Å². The van der Waals surface area contributed by atoms with E-state index in [0.717, 1.165) is 39.1 Å². The number of hydrogen-bond acceptors (Lipinski definition) is 4. The van der Waals surface area contributed by atoms with Crippen LogP contribution >= 0.6 is 12.2 Å². The molecule has 2 N–H and O–H groups in total. The lowest BCUT2D eigenvalue weighted by Gasteiger charge is -2.39. The summed E-state index contributed by atoms with van der Waals surface area (Å²) >= 11 is 5.16. The molecule has 0 bridgehead atoms. The average Bonchev–Trinajstić information content (AvgIpc) is 2.77. The van der Waals surface area contributed by atoms with Gasteiger partial charge in [-0.1, -0.05) is 19.1 Å². The van der Waals surface area contributed by atoms with E-state index in [9.17, 15) is 0 Å². The maximum Gasteiger partial charge on any atom is 0.0901 e. The lowest BCUT2D eigenvalue weighted by molar-refractivity contribution is 0.0172. The summed E-state index contributed by atoms with van der Waals surface area (Å²) in [5, 5.41) is 0. The van der Waals surface area contributed by atoms with Gasteiger partial charge in [-0.3, -0.25) is 9.80 Å². The second kappa shape index (κ2) is 6.97. The highest BCUT2D eigenvalue weighted by atomic mass is 32.1. The molecule has 0 amide bonds. The molecule has 3 unspecified atom stereocenters. The normalized spacial score (nSPS) is 31.5. The SMILES string of the molecule is CCC(C(N)=S)N1CCN(CC2CCC(C)O2)CC1. The first kappa shape index (κ1) is 15.2. The predicted molar refractivity (Wildman–Crippen MR) is 82.4 cm³/mol. The van der Waals surface area contributed by atoms with Crippen molar-refractivity contribution in [3.05, 3.63) is 0 Å². The van der Waals surface area contributed by atoms with E-state index in [-0.39, 0.29) is 6.04 Å². The monoisotopic (exact) mass is 285 g/mol. The van der Waals surface area contributed by atoms with Crippen LogP contribution in [-0.4, -0.2) is 65.8 Å². The number of piperazine rings is 1. The van der Waals surface area contributed by atoms with Crippen molar-refractivity contribution in [2.24, 2.45) is 5.73 Å². The zero-order valence-electron chi connectivity index (χ0n) is 12.2. The third-order valence-corrected chi connectivity index (χ3v) is 4.62. The van der Waals surface area contributed by atoms with Gasteiger partial charge in [0.15, 0.2) is 0 Å². The van der Waals surface area contributed by atoms with Crippen molar-refractivity contribution in [1.29, 1.82) is 0 Å². The van der Waals surface area contributed by atoms with Crippen molar-refractivity contribution in [1.82, 2.24) is 9.80 Å². The van der Waals surface area contributed by atoms with Gasteiger partial charge >= 0.3 is 0 Å². The van der Waals surface area contributed by atoms with E-state index in [4.69, 9.17) is 22.7 Å². The highest BCUT2D eigenvalue weighted by molar-refractivity contribution is 7.80. The maximum absolute atomic E-state index is 5.90. The Morgan fingerprint density at radius 1 is 1.32 bits per heavy atom. The largest absolute Gasteiger partial charge is 0.392 e. The minimum absolute atomic E-state index is 0.278. The van der Waals surface area contributed by atoms with Crippen LogP contribution < -0.4 is 5.73 Å². The third kappa shape index (κ3) is 4.12. The van der Waals surface area contributed by atoms with Gasteiger partial charge in [0.25, 0.3) is 0 Å². The van der Waals surface area contributed by atoms with Gasteiger partial charge < -0.3 is 10.5 Å². The molecule has 0 aromatic heterocycles. The highest BCUT2D eigenvalue weighted by Gasteiger charge is 2.28. The van der Waals surface area contributed by atoms with Crippen LogP contribution in [0.1, 0.15) is 33.1 Å². The van der Waals surface area contributed by atoms with Crippen molar-refractivity contribution in [3.8, 4) is 0 Å². The number of hydrogen-bond donors (Lipinski definition) is 1. The number of nitrogens with zero attached hydrogens (tertiary/aromatic N) is 2. The summed E-state index contributed by atoms with van der Waals surface area (Å²) in [5.74, 6) is 0. The lowest BCUT2D eigenvalue weighted by Crippen LogP contribution is -2.54. The molecule has 0 spiro atoms. The van der Waals surface area contributed by atoms with E-state index >= 15 is 0 Å². The van der Waals surface area contributed by atoms with Crippen LogP contribution in [0.3, 0.4) is 0 Å². The predicted octanol–water partition coefficient (Wildman–Crippen LogP) is 1.24. The fourth-order valence-electron chi connectivity index (χ4n) is 3.20. The highest BCUT2D eigenvalue weighted by Crippen LogP contribution is 2.20. The Hall–Kier alpha value is -0.230. The Bertz CT molecular complexity index is 305. The molecule has 2 saturated heterocycles. The molecule has 0 saturated carbocycles. The Morgan fingerprint density at radius 2 is 2.00 bits per heavy atom. The van der Waals surface area contributed by atoms with Crippen molar-refractivity contribution < 1.29 is 4.74 Å². The molecule has 4 nitrogen and oxygen atoms in total. The Kier molecular flexibility index (Phi) is 5.57. The smallest absolute Gasteiger partial charge is 0.0901 e. The standard InChI is InChI=1S/C14H27N3OS/c1-3-13(14(15)19)17-8-6-16(7-9-17)10-12-5-4-11(2)18-12/h11-13H,3-10H2,1-2H3,(H2,15,19). The molecule has 0 aliphatic carbocycles. The van der Waals surface area contributed by atoms with Gasteiger partial charge in [0.1, 0.15) is 0 Å². The molecule has 5 heteroatoms. The van der Waals surface area contributed by atoms with E-state index in [1.54, 1.807) is 0 Å². The molecule has 2 fully saturated rings. The number of rotatable bonds is 5. The Morgan fingerprint density at radius 3 is 2.47 bits per heavy atom. The van der Waals surface area contributed by atoms with Gasteiger partial charge in [0.2, 0.25) is 0 Å². The number of nitrogens with two attached hydrogens (primary N) is 1. The van der Waals surface area contributed by atoms with E-state index < -0.39 is 0 Å². The molecule has 0 aromatic rings. The number of thiocarbonyl (C=S) groups is 1. The second-order valence-corrected chi connectivity index (χ2v) is 6.28. The third-order valence-electron chi connectivity index (χ3n) is 4.34. The fourth-order valence-corrected chi connectivity index (χ4v) is 3.52. The molecule has 2 aliphatic heterocycles. The van der Waals surface area contributed by atoms with Crippen molar-refractivity contribution in [2.45, 2.75) is 51.4 Å². The molecule has 3 atom stereocenters. The summed E-state index contributed by atoms with van der Waals surface area (Å²) in [6.45, 7) is 9.76. The minimum atomic E-state index is 0.278. The van der Waals surface area contributed by atoms with E-state index in [2.05, 4.69) is 23.6 Å². The molecule has 19 heavy (non-hydrogen) atoms. The molecule has 110 valence electrons. The summed E-state index contributed by atoms with van der Waals surface area (Å²) in [6.07, 6.45) is 4.33. The first-order valence-electron chi connectivity index (χ1n) is 7.51. The van der Waals surface area contributed by atoms with Crippen LogP contribution in [0.2, 0.25) is 0 Å². The van der Waals surface area contributed by atoms with Crippen LogP contribution in [0.15, 0.2) is 0 Å². The van der Waals surface area contributed by atoms with Crippen LogP contribution in [0, 0.1) is 0 Å². The molecule has 0 radical (unpaired) electrons. The van der Waals surface area contributed by atoms with E-state index in [1.807, 2.05) is 0 Å². The average molecular weight is 285 g/mol. The first-order valence-corrected chi connectivity index (χ1v) is 7.92. The van der Waals surface area contributed by atoms with Gasteiger partial charge in [-0.05, 0) is 26.2 Å². The summed E-state index contributed by atoms with van der Waals surface area (Å²) in [7, 11) is 0. The number of ether oxygens (including phenoxy) is 1. The first-order chi connectivity index (χ1) is 9.10. The summed E-state index contributed by atoms with van der Waals surface area (Å²) in [4.78, 5) is 5.59. The summed E-state index contributed by atoms with van der Waals surface area (Å²) in [5.41, 5.74) is 5.82. The molecular weight excluding hydrogens is 258 g/mol. The van der Waals surface area contributed by atoms with Gasteiger partial charge in [-0.25, -0.2) is 0 Å². The topological polar surface area (TPSA) is 41.7 Å². The quantitative estimate of drug-likeness (QED) is 0.770. The summed E-state index contributed by atoms with van der Waals surface area (Å²) in [6, 6.07) is 0.278. The molecular formula is C14H27N3OS. The van der Waals surface area contributed by atoms with Crippen LogP contribution in [0.25, 0.3) is 0 Å². The summed E-state index contributed by atoms with van der Waals surface area (Å²) < 4.78 is 5.90. The van der Waals surface area contributed by atoms with Crippen molar-refractivity contribution in [2.75, 3.05) is 32.7 Å².